The van der Waals surface area contributed by atoms with Gasteiger partial charge in [-0.2, -0.15) is 0 Å². The van der Waals surface area contributed by atoms with E-state index in [1.165, 1.54) is 18.5 Å². The van der Waals surface area contributed by atoms with Crippen LogP contribution in [0.3, 0.4) is 0 Å². The Bertz CT molecular complexity index is 663. The third-order valence-electron chi connectivity index (χ3n) is 4.74. The Morgan fingerprint density at radius 1 is 1.04 bits per heavy atom. The number of benzene rings is 2. The molecule has 2 aromatic carbocycles. The van der Waals surface area contributed by atoms with Gasteiger partial charge in [-0.1, -0.05) is 30.3 Å². The number of hydrogen-bond donors (Lipinski definition) is 1. The van der Waals surface area contributed by atoms with Crippen molar-refractivity contribution in [3.8, 4) is 0 Å². The fraction of sp³-hybridized carbons (Fsp3) is 0.381. The van der Waals surface area contributed by atoms with Crippen molar-refractivity contribution in [2.24, 2.45) is 0 Å². The van der Waals surface area contributed by atoms with Gasteiger partial charge < -0.3 is 14.7 Å². The lowest BCUT2D eigenvalue weighted by Crippen LogP contribution is -2.18. The van der Waals surface area contributed by atoms with Gasteiger partial charge in [-0.3, -0.25) is 0 Å². The minimum Gasteiger partial charge on any atom is -0.461 e. The van der Waals surface area contributed by atoms with Gasteiger partial charge in [-0.05, 0) is 49.1 Å². The Balaban J connectivity index is 1.63. The van der Waals surface area contributed by atoms with Gasteiger partial charge in [0.15, 0.2) is 0 Å². The SMILES string of the molecule is O=C(OC[C@H](CCO)c1ccc(N2CCCC2)cc1)c1ccccc1. The van der Waals surface area contributed by atoms with Crippen molar-refractivity contribution < 1.29 is 14.6 Å². The van der Waals surface area contributed by atoms with Crippen LogP contribution in [-0.2, 0) is 4.74 Å². The summed E-state index contributed by atoms with van der Waals surface area (Å²) in [6, 6.07) is 17.4. The standard InChI is InChI=1S/C21H25NO3/c23-15-12-19(16-25-21(24)18-6-2-1-3-7-18)17-8-10-20(11-9-17)22-13-4-5-14-22/h1-3,6-11,19,23H,4-5,12-16H2/t19-/m0/s1. The van der Waals surface area contributed by atoms with Crippen LogP contribution in [0.4, 0.5) is 5.69 Å². The fourth-order valence-electron chi connectivity index (χ4n) is 3.27. The Morgan fingerprint density at radius 2 is 1.72 bits per heavy atom. The van der Waals surface area contributed by atoms with Gasteiger partial charge in [0.25, 0.3) is 0 Å². The molecule has 2 aromatic rings. The number of anilines is 1. The second-order valence-electron chi connectivity index (χ2n) is 6.46. The third-order valence-corrected chi connectivity index (χ3v) is 4.74. The summed E-state index contributed by atoms with van der Waals surface area (Å²) in [4.78, 5) is 14.5. The second kappa shape index (κ2) is 8.67. The fourth-order valence-corrected chi connectivity index (χ4v) is 3.27. The summed E-state index contributed by atoms with van der Waals surface area (Å²) in [5, 5.41) is 9.36. The van der Waals surface area contributed by atoms with Crippen LogP contribution in [0.2, 0.25) is 0 Å². The van der Waals surface area contributed by atoms with E-state index in [1.807, 2.05) is 18.2 Å². The number of aliphatic hydroxyl groups excluding tert-OH is 1. The summed E-state index contributed by atoms with van der Waals surface area (Å²) in [7, 11) is 0. The first-order chi connectivity index (χ1) is 12.3. The Kier molecular flexibility index (Phi) is 6.07. The number of carbonyl (C=O) groups excluding carboxylic acids is 1. The molecule has 0 aliphatic carbocycles. The summed E-state index contributed by atoms with van der Waals surface area (Å²) < 4.78 is 5.47. The highest BCUT2D eigenvalue weighted by Gasteiger charge is 2.17. The first-order valence-electron chi connectivity index (χ1n) is 8.96. The quantitative estimate of drug-likeness (QED) is 0.783. The van der Waals surface area contributed by atoms with Gasteiger partial charge >= 0.3 is 5.97 Å². The number of hydrogen-bond acceptors (Lipinski definition) is 4. The van der Waals surface area contributed by atoms with Crippen molar-refractivity contribution in [3.63, 3.8) is 0 Å². The molecule has 0 unspecified atom stereocenters. The molecule has 0 radical (unpaired) electrons. The molecule has 1 N–H and O–H groups in total. The van der Waals surface area contributed by atoms with E-state index in [9.17, 15) is 9.90 Å². The molecule has 1 aliphatic heterocycles. The molecule has 0 aromatic heterocycles. The topological polar surface area (TPSA) is 49.8 Å². The molecule has 0 amide bonds. The van der Waals surface area contributed by atoms with Crippen LogP contribution in [0, 0.1) is 0 Å². The van der Waals surface area contributed by atoms with Crippen LogP contribution >= 0.6 is 0 Å². The summed E-state index contributed by atoms with van der Waals surface area (Å²) in [6.45, 7) is 2.58. The van der Waals surface area contributed by atoms with Gasteiger partial charge in [0.2, 0.25) is 0 Å². The van der Waals surface area contributed by atoms with Crippen molar-refractivity contribution in [3.05, 3.63) is 65.7 Å². The first kappa shape index (κ1) is 17.5. The number of ether oxygens (including phenoxy) is 1. The van der Waals surface area contributed by atoms with E-state index in [1.54, 1.807) is 12.1 Å². The van der Waals surface area contributed by atoms with Crippen LogP contribution in [0.25, 0.3) is 0 Å². The van der Waals surface area contributed by atoms with E-state index in [2.05, 4.69) is 29.2 Å². The molecule has 1 atom stereocenters. The van der Waals surface area contributed by atoms with E-state index in [0.717, 1.165) is 18.7 Å². The number of rotatable bonds is 7. The average Bonchev–Trinajstić information content (AvgIpc) is 3.20. The molecule has 1 heterocycles. The van der Waals surface area contributed by atoms with Gasteiger partial charge in [0, 0.05) is 31.3 Å². The maximum atomic E-state index is 12.1. The van der Waals surface area contributed by atoms with Crippen LogP contribution < -0.4 is 4.90 Å². The van der Waals surface area contributed by atoms with E-state index in [0.29, 0.717) is 12.0 Å². The Morgan fingerprint density at radius 3 is 2.36 bits per heavy atom. The largest absolute Gasteiger partial charge is 0.461 e. The lowest BCUT2D eigenvalue weighted by Gasteiger charge is -2.20. The molecular formula is C21H25NO3. The number of carbonyl (C=O) groups is 1. The highest BCUT2D eigenvalue weighted by molar-refractivity contribution is 5.89. The number of aliphatic hydroxyl groups is 1. The molecule has 0 bridgehead atoms. The highest BCUT2D eigenvalue weighted by Crippen LogP contribution is 2.25. The normalized spacial score (nSPS) is 15.2. The summed E-state index contributed by atoms with van der Waals surface area (Å²) >= 11 is 0. The van der Waals surface area contributed by atoms with E-state index < -0.39 is 0 Å². The third kappa shape index (κ3) is 4.60. The highest BCUT2D eigenvalue weighted by atomic mass is 16.5. The molecule has 1 aliphatic rings. The second-order valence-corrected chi connectivity index (χ2v) is 6.46. The maximum Gasteiger partial charge on any atom is 0.338 e. The zero-order valence-corrected chi connectivity index (χ0v) is 14.4. The van der Waals surface area contributed by atoms with Crippen molar-refractivity contribution in [1.29, 1.82) is 0 Å². The molecule has 0 saturated carbocycles. The van der Waals surface area contributed by atoms with Gasteiger partial charge in [-0.25, -0.2) is 4.79 Å². The molecule has 3 rings (SSSR count). The van der Waals surface area contributed by atoms with Crippen LogP contribution in [0.1, 0.15) is 41.1 Å². The van der Waals surface area contributed by atoms with E-state index in [4.69, 9.17) is 4.74 Å². The van der Waals surface area contributed by atoms with Crippen molar-refractivity contribution in [2.75, 3.05) is 31.2 Å². The van der Waals surface area contributed by atoms with Gasteiger partial charge in [0.1, 0.15) is 0 Å². The number of esters is 1. The average molecular weight is 339 g/mol. The lowest BCUT2D eigenvalue weighted by atomic mass is 9.96. The summed E-state index contributed by atoms with van der Waals surface area (Å²) in [5.41, 5.74) is 2.89. The van der Waals surface area contributed by atoms with Crippen molar-refractivity contribution in [2.45, 2.75) is 25.2 Å². The van der Waals surface area contributed by atoms with Gasteiger partial charge in [-0.15, -0.1) is 0 Å². The van der Waals surface area contributed by atoms with E-state index in [-0.39, 0.29) is 25.1 Å². The maximum absolute atomic E-state index is 12.1. The number of nitrogens with zero attached hydrogens (tertiary/aromatic N) is 1. The molecule has 0 spiro atoms. The minimum absolute atomic E-state index is 0.00490. The van der Waals surface area contributed by atoms with E-state index >= 15 is 0 Å². The molecule has 1 fully saturated rings. The van der Waals surface area contributed by atoms with Gasteiger partial charge in [0.05, 0.1) is 12.2 Å². The first-order valence-corrected chi connectivity index (χ1v) is 8.96. The van der Waals surface area contributed by atoms with Crippen LogP contribution in [0.5, 0.6) is 0 Å². The zero-order chi connectivity index (χ0) is 17.5. The molecule has 4 heteroatoms. The molecule has 132 valence electrons. The lowest BCUT2D eigenvalue weighted by molar-refractivity contribution is 0.0467. The zero-order valence-electron chi connectivity index (χ0n) is 14.4. The Hall–Kier alpha value is -2.33. The minimum atomic E-state index is -0.322. The van der Waals surface area contributed by atoms with Crippen LogP contribution in [-0.4, -0.2) is 37.4 Å². The molecular weight excluding hydrogens is 314 g/mol. The Labute approximate surface area is 149 Å². The monoisotopic (exact) mass is 339 g/mol. The van der Waals surface area contributed by atoms with Crippen molar-refractivity contribution in [1.82, 2.24) is 0 Å². The predicted molar refractivity (Wildman–Crippen MR) is 99.1 cm³/mol. The molecule has 25 heavy (non-hydrogen) atoms. The predicted octanol–water partition coefficient (Wildman–Crippen LogP) is 3.61. The van der Waals surface area contributed by atoms with Crippen molar-refractivity contribution >= 4 is 11.7 Å². The smallest absolute Gasteiger partial charge is 0.338 e. The van der Waals surface area contributed by atoms with Crippen LogP contribution in [0.15, 0.2) is 54.6 Å². The molecule has 4 nitrogen and oxygen atoms in total. The summed E-state index contributed by atoms with van der Waals surface area (Å²) in [5.74, 6) is -0.317. The molecule has 1 saturated heterocycles. The summed E-state index contributed by atoms with van der Waals surface area (Å²) in [6.07, 6.45) is 3.08.